The Labute approximate surface area is 174 Å². The predicted molar refractivity (Wildman–Crippen MR) is 110 cm³/mol. The molecule has 0 saturated carbocycles. The lowest BCUT2D eigenvalue weighted by Gasteiger charge is -2.23. The van der Waals surface area contributed by atoms with Crippen LogP contribution in [-0.4, -0.2) is 66.0 Å². The number of amides is 3. The zero-order valence-corrected chi connectivity index (χ0v) is 18.3. The van der Waals surface area contributed by atoms with Gasteiger partial charge < -0.3 is 19.9 Å². The van der Waals surface area contributed by atoms with E-state index in [0.29, 0.717) is 39.0 Å². The highest BCUT2D eigenvalue weighted by molar-refractivity contribution is 9.10. The van der Waals surface area contributed by atoms with E-state index >= 15 is 0 Å². The molecule has 0 radical (unpaired) electrons. The highest BCUT2D eigenvalue weighted by atomic mass is 79.9. The Hall–Kier alpha value is -2.09. The molecule has 2 rings (SSSR count). The molecule has 0 spiro atoms. The van der Waals surface area contributed by atoms with Crippen LogP contribution in [0, 0.1) is 0 Å². The smallest absolute Gasteiger partial charge is 0.408 e. The SMILES string of the molecule is CC(C)(C)OC(=O)NCC(=O)N1CCCN(C(=O)Cc2cccc(Br)c2)CC1. The number of rotatable bonds is 4. The lowest BCUT2D eigenvalue weighted by molar-refractivity contribution is -0.132. The van der Waals surface area contributed by atoms with Crippen molar-refractivity contribution in [3.63, 3.8) is 0 Å². The molecule has 1 aliphatic rings. The number of benzene rings is 1. The first-order chi connectivity index (χ1) is 13.1. The van der Waals surface area contributed by atoms with Gasteiger partial charge >= 0.3 is 6.09 Å². The zero-order valence-electron chi connectivity index (χ0n) is 16.7. The van der Waals surface area contributed by atoms with Gasteiger partial charge in [-0.15, -0.1) is 0 Å². The Bertz CT molecular complexity index is 718. The van der Waals surface area contributed by atoms with Gasteiger partial charge in [-0.2, -0.15) is 0 Å². The number of nitrogens with one attached hydrogen (secondary N) is 1. The van der Waals surface area contributed by atoms with Crippen LogP contribution in [0.15, 0.2) is 28.7 Å². The highest BCUT2D eigenvalue weighted by Gasteiger charge is 2.23. The summed E-state index contributed by atoms with van der Waals surface area (Å²) in [6.07, 6.45) is 0.442. The first-order valence-electron chi connectivity index (χ1n) is 9.41. The third-order valence-corrected chi connectivity index (χ3v) is 4.72. The van der Waals surface area contributed by atoms with Gasteiger partial charge in [0.2, 0.25) is 11.8 Å². The summed E-state index contributed by atoms with van der Waals surface area (Å²) in [4.78, 5) is 40.1. The van der Waals surface area contributed by atoms with Crippen molar-refractivity contribution in [3.05, 3.63) is 34.3 Å². The Morgan fingerprint density at radius 3 is 2.32 bits per heavy atom. The van der Waals surface area contributed by atoms with Crippen molar-refractivity contribution in [2.24, 2.45) is 0 Å². The summed E-state index contributed by atoms with van der Waals surface area (Å²) in [6.45, 7) is 7.32. The second-order valence-corrected chi connectivity index (χ2v) is 8.69. The summed E-state index contributed by atoms with van der Waals surface area (Å²) in [7, 11) is 0. The lowest BCUT2D eigenvalue weighted by Crippen LogP contribution is -2.43. The van der Waals surface area contributed by atoms with Crippen molar-refractivity contribution in [2.75, 3.05) is 32.7 Å². The van der Waals surface area contributed by atoms with Crippen LogP contribution in [0.5, 0.6) is 0 Å². The molecule has 1 fully saturated rings. The van der Waals surface area contributed by atoms with Crippen molar-refractivity contribution < 1.29 is 19.1 Å². The minimum Gasteiger partial charge on any atom is -0.444 e. The van der Waals surface area contributed by atoms with Gasteiger partial charge in [0, 0.05) is 30.7 Å². The van der Waals surface area contributed by atoms with E-state index in [4.69, 9.17) is 4.74 Å². The highest BCUT2D eigenvalue weighted by Crippen LogP contribution is 2.14. The van der Waals surface area contributed by atoms with E-state index in [1.54, 1.807) is 30.6 Å². The van der Waals surface area contributed by atoms with E-state index in [2.05, 4.69) is 21.2 Å². The van der Waals surface area contributed by atoms with Crippen LogP contribution in [0.4, 0.5) is 4.79 Å². The molecule has 7 nitrogen and oxygen atoms in total. The molecule has 0 atom stereocenters. The molecule has 1 aromatic rings. The molecule has 8 heteroatoms. The maximum atomic E-state index is 12.6. The van der Waals surface area contributed by atoms with Gasteiger partial charge in [0.05, 0.1) is 6.42 Å². The largest absolute Gasteiger partial charge is 0.444 e. The lowest BCUT2D eigenvalue weighted by atomic mass is 10.1. The summed E-state index contributed by atoms with van der Waals surface area (Å²) in [6, 6.07) is 7.70. The number of alkyl carbamates (subject to hydrolysis) is 1. The van der Waals surface area contributed by atoms with Crippen LogP contribution >= 0.6 is 15.9 Å². The van der Waals surface area contributed by atoms with Crippen molar-refractivity contribution in [1.82, 2.24) is 15.1 Å². The van der Waals surface area contributed by atoms with Crippen LogP contribution in [0.1, 0.15) is 32.8 Å². The summed E-state index contributed by atoms with van der Waals surface area (Å²) >= 11 is 3.42. The molecule has 28 heavy (non-hydrogen) atoms. The Morgan fingerprint density at radius 2 is 1.71 bits per heavy atom. The average Bonchev–Trinajstić information content (AvgIpc) is 2.84. The van der Waals surface area contributed by atoms with Gasteiger partial charge in [-0.3, -0.25) is 9.59 Å². The normalized spacial score (nSPS) is 15.0. The Kier molecular flexibility index (Phi) is 7.86. The molecule has 154 valence electrons. The fraction of sp³-hybridized carbons (Fsp3) is 0.550. The topological polar surface area (TPSA) is 79.0 Å². The molecular weight excluding hydrogens is 426 g/mol. The zero-order chi connectivity index (χ0) is 20.7. The molecule has 0 aliphatic carbocycles. The van der Waals surface area contributed by atoms with E-state index in [-0.39, 0.29) is 18.4 Å². The van der Waals surface area contributed by atoms with Crippen molar-refractivity contribution in [1.29, 1.82) is 0 Å². The van der Waals surface area contributed by atoms with Crippen molar-refractivity contribution in [2.45, 2.75) is 39.2 Å². The minimum absolute atomic E-state index is 0.0549. The van der Waals surface area contributed by atoms with E-state index in [0.717, 1.165) is 10.0 Å². The maximum absolute atomic E-state index is 12.6. The third-order valence-electron chi connectivity index (χ3n) is 4.23. The number of ether oxygens (including phenoxy) is 1. The molecule has 1 aromatic carbocycles. The molecule has 0 unspecified atom stereocenters. The summed E-state index contributed by atoms with van der Waals surface area (Å²) in [5.74, 6) is -0.119. The van der Waals surface area contributed by atoms with E-state index in [9.17, 15) is 14.4 Å². The predicted octanol–water partition coefficient (Wildman–Crippen LogP) is 2.58. The number of hydrogen-bond acceptors (Lipinski definition) is 4. The number of hydrogen-bond donors (Lipinski definition) is 1. The fourth-order valence-electron chi connectivity index (χ4n) is 2.92. The summed E-state index contributed by atoms with van der Waals surface area (Å²) < 4.78 is 6.08. The quantitative estimate of drug-likeness (QED) is 0.759. The van der Waals surface area contributed by atoms with Crippen LogP contribution < -0.4 is 5.32 Å². The van der Waals surface area contributed by atoms with E-state index < -0.39 is 11.7 Å². The molecule has 0 bridgehead atoms. The summed E-state index contributed by atoms with van der Waals surface area (Å²) in [5, 5.41) is 2.49. The number of carbonyl (C=O) groups is 3. The summed E-state index contributed by atoms with van der Waals surface area (Å²) in [5.41, 5.74) is 0.350. The van der Waals surface area contributed by atoms with Crippen LogP contribution in [0.3, 0.4) is 0 Å². The van der Waals surface area contributed by atoms with Gasteiger partial charge in [0.15, 0.2) is 0 Å². The number of carbonyl (C=O) groups excluding carboxylic acids is 3. The first kappa shape index (κ1) is 22.2. The number of nitrogens with zero attached hydrogens (tertiary/aromatic N) is 2. The maximum Gasteiger partial charge on any atom is 0.408 e. The average molecular weight is 454 g/mol. The fourth-order valence-corrected chi connectivity index (χ4v) is 3.37. The molecule has 0 aromatic heterocycles. The molecule has 1 aliphatic heterocycles. The molecule has 1 saturated heterocycles. The van der Waals surface area contributed by atoms with Crippen molar-refractivity contribution in [3.8, 4) is 0 Å². The van der Waals surface area contributed by atoms with Crippen molar-refractivity contribution >= 4 is 33.8 Å². The van der Waals surface area contributed by atoms with E-state index in [1.165, 1.54) is 0 Å². The minimum atomic E-state index is -0.610. The Morgan fingerprint density at radius 1 is 1.07 bits per heavy atom. The van der Waals surface area contributed by atoms with Gasteiger partial charge in [0.1, 0.15) is 12.1 Å². The standard InChI is InChI=1S/C20H28BrN3O4/c1-20(2,3)28-19(27)22-14-18(26)24-9-5-8-23(10-11-24)17(25)13-15-6-4-7-16(21)12-15/h4,6-7,12H,5,8-11,13-14H2,1-3H3,(H,22,27). The van der Waals surface area contributed by atoms with Crippen LogP contribution in [-0.2, 0) is 20.7 Å². The van der Waals surface area contributed by atoms with E-state index in [1.807, 2.05) is 24.3 Å². The van der Waals surface area contributed by atoms with Crippen LogP contribution in [0.25, 0.3) is 0 Å². The molecule has 1 heterocycles. The molecule has 1 N–H and O–H groups in total. The van der Waals surface area contributed by atoms with Gasteiger partial charge in [-0.05, 0) is 44.9 Å². The monoisotopic (exact) mass is 453 g/mol. The second kappa shape index (κ2) is 9.91. The van der Waals surface area contributed by atoms with Gasteiger partial charge in [-0.1, -0.05) is 28.1 Å². The Balaban J connectivity index is 1.81. The first-order valence-corrected chi connectivity index (χ1v) is 10.2. The number of halogens is 1. The third kappa shape index (κ3) is 7.50. The second-order valence-electron chi connectivity index (χ2n) is 7.78. The van der Waals surface area contributed by atoms with Gasteiger partial charge in [0.25, 0.3) is 0 Å². The molecule has 3 amide bonds. The van der Waals surface area contributed by atoms with Crippen LogP contribution in [0.2, 0.25) is 0 Å². The molecular formula is C20H28BrN3O4. The van der Waals surface area contributed by atoms with Gasteiger partial charge in [-0.25, -0.2) is 4.79 Å².